The molecule has 3 amide bonds. The Hall–Kier alpha value is -4.54. The second kappa shape index (κ2) is 11.9. The van der Waals surface area contributed by atoms with Gasteiger partial charge in [0, 0.05) is 31.2 Å². The number of amides is 3. The van der Waals surface area contributed by atoms with E-state index in [0.29, 0.717) is 5.75 Å². The number of rotatable bonds is 8. The van der Waals surface area contributed by atoms with Gasteiger partial charge >= 0.3 is 12.2 Å². The summed E-state index contributed by atoms with van der Waals surface area (Å²) in [5.74, 6) is 0.233. The van der Waals surface area contributed by atoms with Crippen LogP contribution in [0, 0.1) is 0 Å². The van der Waals surface area contributed by atoms with Crippen LogP contribution in [0.1, 0.15) is 76.0 Å². The van der Waals surface area contributed by atoms with Gasteiger partial charge in [0.25, 0.3) is 5.91 Å². The fourth-order valence-electron chi connectivity index (χ4n) is 4.22. The summed E-state index contributed by atoms with van der Waals surface area (Å²) in [6.45, 7) is 11.1. The smallest absolute Gasteiger partial charge is 0.407 e. The van der Waals surface area contributed by atoms with Gasteiger partial charge in [-0.2, -0.15) is 4.98 Å². The van der Waals surface area contributed by atoms with Gasteiger partial charge in [0.1, 0.15) is 29.5 Å². The van der Waals surface area contributed by atoms with Gasteiger partial charge in [-0.15, -0.1) is 0 Å². The Kier molecular flexibility index (Phi) is 8.55. The van der Waals surface area contributed by atoms with Crippen LogP contribution in [0.5, 0.6) is 17.6 Å². The van der Waals surface area contributed by atoms with Gasteiger partial charge in [-0.25, -0.2) is 4.79 Å². The highest BCUT2D eigenvalue weighted by atomic mass is 16.6. The molecule has 1 aliphatic carbocycles. The van der Waals surface area contributed by atoms with Crippen molar-refractivity contribution in [2.75, 3.05) is 0 Å². The molecule has 0 bridgehead atoms. The summed E-state index contributed by atoms with van der Waals surface area (Å²) >= 11 is 0. The predicted molar refractivity (Wildman–Crippen MR) is 150 cm³/mol. The monoisotopic (exact) mass is 564 g/mol. The lowest BCUT2D eigenvalue weighted by molar-refractivity contribution is -0.119. The number of aromatic nitrogens is 1. The molecule has 218 valence electrons. The number of benzene rings is 2. The van der Waals surface area contributed by atoms with Gasteiger partial charge in [0.2, 0.25) is 5.91 Å². The predicted octanol–water partition coefficient (Wildman–Crippen LogP) is 5.01. The zero-order valence-electron chi connectivity index (χ0n) is 24.1. The molecule has 1 fully saturated rings. The molecular weight excluding hydrogens is 528 g/mol. The van der Waals surface area contributed by atoms with Gasteiger partial charge in [0.15, 0.2) is 5.69 Å². The van der Waals surface area contributed by atoms with E-state index < -0.39 is 23.5 Å². The Morgan fingerprint density at radius 3 is 2.02 bits per heavy atom. The maximum absolute atomic E-state index is 12.0. The Morgan fingerprint density at radius 1 is 0.878 bits per heavy atom. The van der Waals surface area contributed by atoms with Gasteiger partial charge in [-0.05, 0) is 56.2 Å². The first-order valence-corrected chi connectivity index (χ1v) is 13.4. The van der Waals surface area contributed by atoms with Crippen molar-refractivity contribution in [1.82, 2.24) is 21.2 Å². The molecule has 0 aliphatic heterocycles. The van der Waals surface area contributed by atoms with Crippen molar-refractivity contribution in [1.29, 1.82) is 0 Å². The van der Waals surface area contributed by atoms with Gasteiger partial charge in [-0.1, -0.05) is 38.1 Å². The number of ether oxygens (including phenoxy) is 3. The van der Waals surface area contributed by atoms with Crippen LogP contribution in [0.3, 0.4) is 0 Å². The van der Waals surface area contributed by atoms with E-state index >= 15 is 0 Å². The standard InChI is InChI=1S/C30H36N4O7/c1-18(35)33-34-26(36)25-17-38-28(32-25)40-23-13-9-20(10-14-23)30(5,6)19-7-11-22(12-8-19)39-24-15-21(16-24)31-27(37)41-29(2,3)4/h7-14,17,21,24H,15-16H2,1-6H3,(H,31,37)(H,33,35)(H,34,36). The number of alkyl carbamates (subject to hydrolysis) is 1. The number of hydrazine groups is 1. The largest absolute Gasteiger partial charge is 0.490 e. The normalized spacial score (nSPS) is 16.6. The van der Waals surface area contributed by atoms with Crippen molar-refractivity contribution in [3.8, 4) is 17.6 Å². The molecule has 3 aromatic rings. The quantitative estimate of drug-likeness (QED) is 0.324. The molecule has 1 aliphatic rings. The molecule has 41 heavy (non-hydrogen) atoms. The van der Waals surface area contributed by atoms with Crippen LogP contribution in [-0.2, 0) is 14.9 Å². The SMILES string of the molecule is CC(=O)NNC(=O)c1coc(Oc2ccc(C(C)(C)c3ccc(OC4CC(NC(=O)OC(C)(C)C)C4)cc3)cc2)n1. The third kappa shape index (κ3) is 8.00. The summed E-state index contributed by atoms with van der Waals surface area (Å²) < 4.78 is 22.2. The minimum atomic E-state index is -0.626. The fourth-order valence-corrected chi connectivity index (χ4v) is 4.22. The summed E-state index contributed by atoms with van der Waals surface area (Å²) in [4.78, 5) is 38.8. The third-order valence-electron chi connectivity index (χ3n) is 6.54. The number of carbonyl (C=O) groups is 3. The molecule has 1 saturated carbocycles. The van der Waals surface area contributed by atoms with Crippen molar-refractivity contribution in [2.24, 2.45) is 0 Å². The highest BCUT2D eigenvalue weighted by molar-refractivity contribution is 5.93. The molecule has 11 heteroatoms. The van der Waals surface area contributed by atoms with Gasteiger partial charge < -0.3 is 23.9 Å². The number of hydrogen-bond acceptors (Lipinski definition) is 8. The molecule has 2 aromatic carbocycles. The summed E-state index contributed by atoms with van der Waals surface area (Å²) in [6, 6.07) is 15.6. The van der Waals surface area contributed by atoms with Crippen LogP contribution in [0.4, 0.5) is 4.79 Å². The molecule has 3 N–H and O–H groups in total. The molecule has 0 atom stereocenters. The second-order valence-corrected chi connectivity index (χ2v) is 11.5. The summed E-state index contributed by atoms with van der Waals surface area (Å²) in [6.07, 6.45) is 2.16. The van der Waals surface area contributed by atoms with Crippen LogP contribution >= 0.6 is 0 Å². The molecule has 0 radical (unpaired) electrons. The molecule has 0 spiro atoms. The number of nitrogens with one attached hydrogen (secondary N) is 3. The lowest BCUT2D eigenvalue weighted by Gasteiger charge is -2.36. The lowest BCUT2D eigenvalue weighted by atomic mass is 9.78. The first-order valence-electron chi connectivity index (χ1n) is 13.4. The van der Waals surface area contributed by atoms with E-state index in [1.807, 2.05) is 45.0 Å². The average Bonchev–Trinajstić information content (AvgIpc) is 3.34. The lowest BCUT2D eigenvalue weighted by Crippen LogP contribution is -2.50. The molecule has 0 saturated heterocycles. The van der Waals surface area contributed by atoms with E-state index in [1.54, 1.807) is 12.1 Å². The molecule has 11 nitrogen and oxygen atoms in total. The van der Waals surface area contributed by atoms with E-state index in [1.165, 1.54) is 6.92 Å². The van der Waals surface area contributed by atoms with Crippen molar-refractivity contribution in [2.45, 2.75) is 77.5 Å². The Morgan fingerprint density at radius 2 is 1.46 bits per heavy atom. The van der Waals surface area contributed by atoms with E-state index in [-0.39, 0.29) is 29.3 Å². The maximum atomic E-state index is 12.0. The first kappa shape index (κ1) is 29.4. The molecule has 1 aromatic heterocycles. The molecule has 4 rings (SSSR count). The first-order chi connectivity index (χ1) is 19.3. The zero-order valence-corrected chi connectivity index (χ0v) is 24.1. The molecule has 1 heterocycles. The fraction of sp³-hybridized carbons (Fsp3) is 0.400. The highest BCUT2D eigenvalue weighted by Crippen LogP contribution is 2.35. The number of carbonyl (C=O) groups excluding carboxylic acids is 3. The van der Waals surface area contributed by atoms with Crippen molar-refractivity contribution < 1.29 is 33.0 Å². The van der Waals surface area contributed by atoms with Crippen LogP contribution in [-0.4, -0.2) is 40.6 Å². The summed E-state index contributed by atoms with van der Waals surface area (Å²) in [5.41, 5.74) is 5.71. The summed E-state index contributed by atoms with van der Waals surface area (Å²) in [5, 5.41) is 2.88. The molecular formula is C30H36N4O7. The Bertz CT molecular complexity index is 1370. The third-order valence-corrected chi connectivity index (χ3v) is 6.54. The van der Waals surface area contributed by atoms with Crippen LogP contribution in [0.15, 0.2) is 59.2 Å². The number of nitrogens with zero attached hydrogens (tertiary/aromatic N) is 1. The van der Waals surface area contributed by atoms with E-state index in [2.05, 4.69) is 47.1 Å². The van der Waals surface area contributed by atoms with E-state index in [4.69, 9.17) is 18.6 Å². The maximum Gasteiger partial charge on any atom is 0.407 e. The second-order valence-electron chi connectivity index (χ2n) is 11.5. The van der Waals surface area contributed by atoms with Crippen molar-refractivity contribution in [3.63, 3.8) is 0 Å². The van der Waals surface area contributed by atoms with Crippen LogP contribution in [0.25, 0.3) is 0 Å². The Balaban J connectivity index is 1.28. The van der Waals surface area contributed by atoms with Gasteiger partial charge in [0.05, 0.1) is 0 Å². The van der Waals surface area contributed by atoms with E-state index in [0.717, 1.165) is 36.0 Å². The minimum Gasteiger partial charge on any atom is -0.490 e. The summed E-state index contributed by atoms with van der Waals surface area (Å²) in [7, 11) is 0. The van der Waals surface area contributed by atoms with Crippen molar-refractivity contribution >= 4 is 17.9 Å². The Labute approximate surface area is 238 Å². The van der Waals surface area contributed by atoms with E-state index in [9.17, 15) is 14.4 Å². The molecule has 0 unspecified atom stereocenters. The number of hydrogen-bond donors (Lipinski definition) is 3. The highest BCUT2D eigenvalue weighted by Gasteiger charge is 2.33. The van der Waals surface area contributed by atoms with Crippen LogP contribution < -0.4 is 25.6 Å². The average molecular weight is 565 g/mol. The topological polar surface area (TPSA) is 141 Å². The minimum absolute atomic E-state index is 0.0338. The number of oxazole rings is 1. The zero-order chi connectivity index (χ0) is 29.8. The van der Waals surface area contributed by atoms with Gasteiger partial charge in [-0.3, -0.25) is 20.4 Å². The van der Waals surface area contributed by atoms with Crippen molar-refractivity contribution in [3.05, 3.63) is 71.6 Å². The van der Waals surface area contributed by atoms with Crippen LogP contribution in [0.2, 0.25) is 0 Å².